The highest BCUT2D eigenvalue weighted by Crippen LogP contribution is 2.28. The van der Waals surface area contributed by atoms with Crippen molar-refractivity contribution in [3.63, 3.8) is 0 Å². The van der Waals surface area contributed by atoms with Crippen molar-refractivity contribution in [1.82, 2.24) is 0 Å². The van der Waals surface area contributed by atoms with Gasteiger partial charge in [-0.3, -0.25) is 0 Å². The van der Waals surface area contributed by atoms with Crippen LogP contribution in [0.5, 0.6) is 0 Å². The molecule has 0 unspecified atom stereocenters. The highest BCUT2D eigenvalue weighted by molar-refractivity contribution is 5.68. The standard InChI is InChI=1S/C13H20N2O/c1-10-4-6-15(7-5-10)13-3-2-11(9-16)8-12(13)14/h2-3,8,10,16H,4-7,9,14H2,1H3. The first kappa shape index (κ1) is 11.3. The highest BCUT2D eigenvalue weighted by Gasteiger charge is 2.17. The number of rotatable bonds is 2. The first-order valence-electron chi connectivity index (χ1n) is 5.95. The van der Waals surface area contributed by atoms with Crippen molar-refractivity contribution in [2.24, 2.45) is 5.92 Å². The lowest BCUT2D eigenvalue weighted by Gasteiger charge is -2.33. The molecule has 1 aliphatic heterocycles. The quantitative estimate of drug-likeness (QED) is 0.749. The zero-order chi connectivity index (χ0) is 11.5. The molecule has 2 rings (SSSR count). The lowest BCUT2D eigenvalue weighted by Crippen LogP contribution is -2.33. The number of nitrogens with zero attached hydrogens (tertiary/aromatic N) is 1. The Hall–Kier alpha value is -1.22. The Bertz CT molecular complexity index is 357. The van der Waals surface area contributed by atoms with E-state index in [1.54, 1.807) is 0 Å². The molecule has 0 aliphatic carbocycles. The van der Waals surface area contributed by atoms with Gasteiger partial charge in [0, 0.05) is 13.1 Å². The summed E-state index contributed by atoms with van der Waals surface area (Å²) in [4.78, 5) is 2.34. The number of hydrogen-bond donors (Lipinski definition) is 2. The molecule has 3 nitrogen and oxygen atoms in total. The van der Waals surface area contributed by atoms with Crippen LogP contribution >= 0.6 is 0 Å². The number of piperidine rings is 1. The van der Waals surface area contributed by atoms with Crippen LogP contribution in [0.25, 0.3) is 0 Å². The summed E-state index contributed by atoms with van der Waals surface area (Å²) in [6.45, 7) is 4.53. The third-order valence-corrected chi connectivity index (χ3v) is 3.40. The summed E-state index contributed by atoms with van der Waals surface area (Å²) in [6, 6.07) is 5.84. The summed E-state index contributed by atoms with van der Waals surface area (Å²) in [7, 11) is 0. The van der Waals surface area contributed by atoms with Crippen LogP contribution in [0.1, 0.15) is 25.3 Å². The maximum Gasteiger partial charge on any atom is 0.0682 e. The zero-order valence-corrected chi connectivity index (χ0v) is 9.82. The molecule has 0 saturated carbocycles. The molecule has 16 heavy (non-hydrogen) atoms. The fraction of sp³-hybridized carbons (Fsp3) is 0.538. The van der Waals surface area contributed by atoms with Crippen LogP contribution in [0.4, 0.5) is 11.4 Å². The van der Waals surface area contributed by atoms with E-state index in [4.69, 9.17) is 10.8 Å². The first-order valence-corrected chi connectivity index (χ1v) is 5.95. The van der Waals surface area contributed by atoms with E-state index in [1.807, 2.05) is 18.2 Å². The van der Waals surface area contributed by atoms with Gasteiger partial charge in [0.2, 0.25) is 0 Å². The minimum atomic E-state index is 0.0571. The van der Waals surface area contributed by atoms with Gasteiger partial charge in [0.1, 0.15) is 0 Å². The van der Waals surface area contributed by atoms with Gasteiger partial charge in [0.25, 0.3) is 0 Å². The van der Waals surface area contributed by atoms with Crippen LogP contribution < -0.4 is 10.6 Å². The van der Waals surface area contributed by atoms with E-state index in [9.17, 15) is 0 Å². The van der Waals surface area contributed by atoms with Crippen LogP contribution in [0.2, 0.25) is 0 Å². The Kier molecular flexibility index (Phi) is 3.34. The summed E-state index contributed by atoms with van der Waals surface area (Å²) >= 11 is 0. The van der Waals surface area contributed by atoms with Gasteiger partial charge in [-0.1, -0.05) is 13.0 Å². The monoisotopic (exact) mass is 220 g/mol. The molecule has 0 spiro atoms. The third-order valence-electron chi connectivity index (χ3n) is 3.40. The summed E-state index contributed by atoms with van der Waals surface area (Å²) in [6.07, 6.45) is 2.47. The van der Waals surface area contributed by atoms with Crippen molar-refractivity contribution >= 4 is 11.4 Å². The summed E-state index contributed by atoms with van der Waals surface area (Å²) < 4.78 is 0. The molecule has 3 heteroatoms. The first-order chi connectivity index (χ1) is 7.70. The van der Waals surface area contributed by atoms with Gasteiger partial charge in [-0.05, 0) is 36.5 Å². The second kappa shape index (κ2) is 4.74. The molecular formula is C13H20N2O. The Labute approximate surface area is 96.9 Å². The summed E-state index contributed by atoms with van der Waals surface area (Å²) in [5.41, 5.74) is 8.78. The molecule has 3 N–H and O–H groups in total. The lowest BCUT2D eigenvalue weighted by molar-refractivity contribution is 0.282. The third kappa shape index (κ3) is 2.30. The molecule has 1 aliphatic rings. The normalized spacial score (nSPS) is 17.8. The van der Waals surface area contributed by atoms with Gasteiger partial charge in [-0.2, -0.15) is 0 Å². The molecular weight excluding hydrogens is 200 g/mol. The SMILES string of the molecule is CC1CCN(c2ccc(CO)cc2N)CC1. The molecule has 0 aromatic heterocycles. The number of aliphatic hydroxyl groups is 1. The second-order valence-electron chi connectivity index (χ2n) is 4.72. The molecule has 0 radical (unpaired) electrons. The smallest absolute Gasteiger partial charge is 0.0682 e. The van der Waals surface area contributed by atoms with Crippen molar-refractivity contribution < 1.29 is 5.11 Å². The molecule has 0 atom stereocenters. The van der Waals surface area contributed by atoms with E-state index < -0.39 is 0 Å². The number of aliphatic hydroxyl groups excluding tert-OH is 1. The van der Waals surface area contributed by atoms with E-state index in [2.05, 4.69) is 11.8 Å². The zero-order valence-electron chi connectivity index (χ0n) is 9.82. The van der Waals surface area contributed by atoms with Crippen molar-refractivity contribution in [3.05, 3.63) is 23.8 Å². The number of nitrogens with two attached hydrogens (primary N) is 1. The number of nitrogen functional groups attached to an aromatic ring is 1. The molecule has 88 valence electrons. The van der Waals surface area contributed by atoms with Crippen LogP contribution in [-0.4, -0.2) is 18.2 Å². The largest absolute Gasteiger partial charge is 0.397 e. The Morgan fingerprint density at radius 2 is 2.06 bits per heavy atom. The highest BCUT2D eigenvalue weighted by atomic mass is 16.3. The molecule has 1 fully saturated rings. The van der Waals surface area contributed by atoms with Crippen LogP contribution in [0.3, 0.4) is 0 Å². The topological polar surface area (TPSA) is 49.5 Å². The van der Waals surface area contributed by atoms with Crippen LogP contribution in [0.15, 0.2) is 18.2 Å². The Morgan fingerprint density at radius 3 is 2.62 bits per heavy atom. The molecule has 0 bridgehead atoms. The maximum absolute atomic E-state index is 9.03. The van der Waals surface area contributed by atoms with Crippen molar-refractivity contribution in [2.75, 3.05) is 23.7 Å². The van der Waals surface area contributed by atoms with Gasteiger partial charge in [-0.15, -0.1) is 0 Å². The Morgan fingerprint density at radius 1 is 1.38 bits per heavy atom. The van der Waals surface area contributed by atoms with E-state index in [0.29, 0.717) is 0 Å². The number of anilines is 2. The number of benzene rings is 1. The second-order valence-corrected chi connectivity index (χ2v) is 4.72. The predicted octanol–water partition coefficient (Wildman–Crippen LogP) is 2.00. The van der Waals surface area contributed by atoms with E-state index in [0.717, 1.165) is 35.9 Å². The van der Waals surface area contributed by atoms with Gasteiger partial charge in [-0.25, -0.2) is 0 Å². The lowest BCUT2D eigenvalue weighted by atomic mass is 9.98. The minimum Gasteiger partial charge on any atom is -0.397 e. The number of hydrogen-bond acceptors (Lipinski definition) is 3. The predicted molar refractivity (Wildman–Crippen MR) is 67.4 cm³/mol. The van der Waals surface area contributed by atoms with E-state index in [1.165, 1.54) is 12.8 Å². The van der Waals surface area contributed by atoms with Crippen molar-refractivity contribution in [1.29, 1.82) is 0 Å². The van der Waals surface area contributed by atoms with Gasteiger partial charge >= 0.3 is 0 Å². The van der Waals surface area contributed by atoms with E-state index >= 15 is 0 Å². The fourth-order valence-corrected chi connectivity index (χ4v) is 2.24. The van der Waals surface area contributed by atoms with Crippen LogP contribution in [-0.2, 0) is 6.61 Å². The van der Waals surface area contributed by atoms with Crippen LogP contribution in [0, 0.1) is 5.92 Å². The molecule has 1 heterocycles. The molecule has 1 aromatic rings. The average molecular weight is 220 g/mol. The maximum atomic E-state index is 9.03. The minimum absolute atomic E-state index is 0.0571. The molecule has 1 aromatic carbocycles. The molecule has 1 saturated heterocycles. The fourth-order valence-electron chi connectivity index (χ4n) is 2.24. The summed E-state index contributed by atoms with van der Waals surface area (Å²) in [5, 5.41) is 9.03. The van der Waals surface area contributed by atoms with E-state index in [-0.39, 0.29) is 6.61 Å². The van der Waals surface area contributed by atoms with Gasteiger partial charge in [0.05, 0.1) is 18.0 Å². The molecule has 0 amide bonds. The average Bonchev–Trinajstić information content (AvgIpc) is 2.30. The Balaban J connectivity index is 2.14. The van der Waals surface area contributed by atoms with Crippen molar-refractivity contribution in [2.45, 2.75) is 26.4 Å². The van der Waals surface area contributed by atoms with Gasteiger partial charge < -0.3 is 15.7 Å². The van der Waals surface area contributed by atoms with Gasteiger partial charge in [0.15, 0.2) is 0 Å². The summed E-state index contributed by atoms with van der Waals surface area (Å²) in [5.74, 6) is 0.828. The van der Waals surface area contributed by atoms with Crippen molar-refractivity contribution in [3.8, 4) is 0 Å².